The van der Waals surface area contributed by atoms with Gasteiger partial charge in [0.05, 0.1) is 13.2 Å². The topological polar surface area (TPSA) is 106 Å². The van der Waals surface area contributed by atoms with Crippen LogP contribution in [0.2, 0.25) is 5.02 Å². The predicted octanol–water partition coefficient (Wildman–Crippen LogP) is 1.50. The van der Waals surface area contributed by atoms with Gasteiger partial charge in [0, 0.05) is 36.4 Å². The quantitative estimate of drug-likeness (QED) is 0.830. The van der Waals surface area contributed by atoms with Gasteiger partial charge < -0.3 is 14.4 Å². The fourth-order valence-electron chi connectivity index (χ4n) is 3.29. The van der Waals surface area contributed by atoms with Crippen LogP contribution in [0.3, 0.4) is 0 Å². The Balaban J connectivity index is 1.66. The van der Waals surface area contributed by atoms with E-state index in [1.165, 1.54) is 10.4 Å². The van der Waals surface area contributed by atoms with Crippen LogP contribution in [-0.2, 0) is 28.5 Å². The molecule has 2 aromatic rings. The van der Waals surface area contributed by atoms with Crippen molar-refractivity contribution in [2.45, 2.75) is 36.7 Å². The largest absolute Gasteiger partial charge is 0.492 e. The van der Waals surface area contributed by atoms with Crippen molar-refractivity contribution in [2.24, 2.45) is 0 Å². The number of benzene rings is 1. The van der Waals surface area contributed by atoms with Crippen LogP contribution in [-0.4, -0.2) is 47.7 Å². The number of hydrogen-bond donors (Lipinski definition) is 1. The lowest BCUT2D eigenvalue weighted by molar-refractivity contribution is 0.0194. The van der Waals surface area contributed by atoms with E-state index in [-0.39, 0.29) is 30.3 Å². The van der Waals surface area contributed by atoms with Crippen LogP contribution in [0.25, 0.3) is 0 Å². The van der Waals surface area contributed by atoms with Crippen LogP contribution in [0.4, 0.5) is 0 Å². The molecule has 0 bridgehead atoms. The normalized spacial score (nSPS) is 23.2. The molecule has 1 aromatic heterocycles. The SMILES string of the molecule is CCc1noc([C@]2(O)CCN(S(=O)(=O)c3cc(Cl)cc4c3OCC4)C2)n1. The Morgan fingerprint density at radius 1 is 1.42 bits per heavy atom. The molecule has 1 fully saturated rings. The number of aromatic nitrogens is 2. The molecule has 1 aromatic carbocycles. The Bertz CT molecular complexity index is 961. The second-order valence-electron chi connectivity index (χ2n) is 6.48. The summed E-state index contributed by atoms with van der Waals surface area (Å²) in [5, 5.41) is 15.0. The molecule has 0 aliphatic carbocycles. The van der Waals surface area contributed by atoms with Crippen molar-refractivity contribution in [3.63, 3.8) is 0 Å². The smallest absolute Gasteiger partial charge is 0.260 e. The Kier molecular flexibility index (Phi) is 4.22. The Labute approximate surface area is 155 Å². The summed E-state index contributed by atoms with van der Waals surface area (Å²) >= 11 is 6.09. The van der Waals surface area contributed by atoms with Gasteiger partial charge in [0.25, 0.3) is 5.89 Å². The highest BCUT2D eigenvalue weighted by Gasteiger charge is 2.47. The molecule has 1 saturated heterocycles. The van der Waals surface area contributed by atoms with Crippen LogP contribution in [0.15, 0.2) is 21.6 Å². The Hall–Kier alpha value is -1.68. The second kappa shape index (κ2) is 6.19. The number of halogens is 1. The van der Waals surface area contributed by atoms with E-state index in [0.29, 0.717) is 36.0 Å². The van der Waals surface area contributed by atoms with Crippen LogP contribution in [0.1, 0.15) is 30.6 Å². The van der Waals surface area contributed by atoms with Gasteiger partial charge in [0.15, 0.2) is 11.4 Å². The third-order valence-electron chi connectivity index (χ3n) is 4.73. The molecule has 0 unspecified atom stereocenters. The van der Waals surface area contributed by atoms with E-state index in [1.54, 1.807) is 6.07 Å². The molecule has 140 valence electrons. The van der Waals surface area contributed by atoms with Gasteiger partial charge in [-0.05, 0) is 12.1 Å². The highest BCUT2D eigenvalue weighted by molar-refractivity contribution is 7.89. The molecule has 1 atom stereocenters. The minimum Gasteiger partial charge on any atom is -0.492 e. The van der Waals surface area contributed by atoms with E-state index in [1.807, 2.05) is 6.92 Å². The van der Waals surface area contributed by atoms with Crippen molar-refractivity contribution in [1.29, 1.82) is 0 Å². The van der Waals surface area contributed by atoms with Gasteiger partial charge in [-0.15, -0.1) is 0 Å². The molecule has 0 radical (unpaired) electrons. The number of aliphatic hydroxyl groups is 1. The lowest BCUT2D eigenvalue weighted by atomic mass is 10.0. The van der Waals surface area contributed by atoms with E-state index >= 15 is 0 Å². The molecule has 10 heteroatoms. The summed E-state index contributed by atoms with van der Waals surface area (Å²) in [5.41, 5.74) is -0.731. The molecular formula is C16H18ClN3O5S. The van der Waals surface area contributed by atoms with Gasteiger partial charge in [-0.3, -0.25) is 0 Å². The van der Waals surface area contributed by atoms with E-state index in [2.05, 4.69) is 10.1 Å². The summed E-state index contributed by atoms with van der Waals surface area (Å²) in [4.78, 5) is 4.18. The van der Waals surface area contributed by atoms with Crippen LogP contribution < -0.4 is 4.74 Å². The van der Waals surface area contributed by atoms with Crippen molar-refractivity contribution < 1.29 is 22.8 Å². The minimum atomic E-state index is -3.89. The lowest BCUT2D eigenvalue weighted by Gasteiger charge is -2.20. The van der Waals surface area contributed by atoms with Gasteiger partial charge in [-0.1, -0.05) is 23.7 Å². The van der Waals surface area contributed by atoms with Gasteiger partial charge >= 0.3 is 0 Å². The van der Waals surface area contributed by atoms with Crippen LogP contribution in [0.5, 0.6) is 5.75 Å². The molecule has 2 aliphatic rings. The Morgan fingerprint density at radius 2 is 2.23 bits per heavy atom. The molecule has 0 spiro atoms. The highest BCUT2D eigenvalue weighted by atomic mass is 35.5. The maximum atomic E-state index is 13.1. The first-order valence-electron chi connectivity index (χ1n) is 8.34. The fourth-order valence-corrected chi connectivity index (χ4v) is 5.29. The Morgan fingerprint density at radius 3 is 2.96 bits per heavy atom. The summed E-state index contributed by atoms with van der Waals surface area (Å²) < 4.78 is 38.1. The molecule has 2 aliphatic heterocycles. The van der Waals surface area contributed by atoms with Crippen molar-refractivity contribution in [3.8, 4) is 5.75 Å². The van der Waals surface area contributed by atoms with Crippen molar-refractivity contribution in [1.82, 2.24) is 14.4 Å². The average molecular weight is 400 g/mol. The van der Waals surface area contributed by atoms with E-state index in [4.69, 9.17) is 20.9 Å². The molecular weight excluding hydrogens is 382 g/mol. The molecule has 8 nitrogen and oxygen atoms in total. The van der Waals surface area contributed by atoms with Crippen molar-refractivity contribution in [3.05, 3.63) is 34.4 Å². The van der Waals surface area contributed by atoms with E-state index in [9.17, 15) is 13.5 Å². The van der Waals surface area contributed by atoms with Crippen molar-refractivity contribution in [2.75, 3.05) is 19.7 Å². The summed E-state index contributed by atoms with van der Waals surface area (Å²) in [6.07, 6.45) is 1.35. The van der Waals surface area contributed by atoms with Crippen LogP contribution in [0, 0.1) is 0 Å². The zero-order valence-corrected chi connectivity index (χ0v) is 15.7. The van der Waals surface area contributed by atoms with Gasteiger partial charge in [-0.2, -0.15) is 9.29 Å². The zero-order chi connectivity index (χ0) is 18.5. The molecule has 4 rings (SSSR count). The number of fused-ring (bicyclic) bond motifs is 1. The molecule has 1 N–H and O–H groups in total. The number of ether oxygens (including phenoxy) is 1. The summed E-state index contributed by atoms with van der Waals surface area (Å²) in [6.45, 7) is 2.25. The zero-order valence-electron chi connectivity index (χ0n) is 14.1. The van der Waals surface area contributed by atoms with E-state index in [0.717, 1.165) is 5.56 Å². The van der Waals surface area contributed by atoms with Gasteiger partial charge in [0.1, 0.15) is 10.6 Å². The highest BCUT2D eigenvalue weighted by Crippen LogP contribution is 2.40. The van der Waals surface area contributed by atoms with Gasteiger partial charge in [0.2, 0.25) is 10.0 Å². The number of rotatable bonds is 4. The summed E-state index contributed by atoms with van der Waals surface area (Å²) in [7, 11) is -3.89. The van der Waals surface area contributed by atoms with Crippen molar-refractivity contribution >= 4 is 21.6 Å². The number of hydrogen-bond acceptors (Lipinski definition) is 7. The third-order valence-corrected chi connectivity index (χ3v) is 6.80. The second-order valence-corrected chi connectivity index (χ2v) is 8.82. The summed E-state index contributed by atoms with van der Waals surface area (Å²) in [6, 6.07) is 3.11. The number of aryl methyl sites for hydroxylation is 1. The van der Waals surface area contributed by atoms with Crippen LogP contribution >= 0.6 is 11.6 Å². The summed E-state index contributed by atoms with van der Waals surface area (Å²) in [5.74, 6) is 0.853. The number of β-amino-alcohol motifs (C(OH)–C–C–N with tert-alkyl or cyclic N) is 1. The molecule has 26 heavy (non-hydrogen) atoms. The first-order valence-corrected chi connectivity index (χ1v) is 10.2. The predicted molar refractivity (Wildman–Crippen MR) is 91.6 cm³/mol. The fraction of sp³-hybridized carbons (Fsp3) is 0.500. The lowest BCUT2D eigenvalue weighted by Crippen LogP contribution is -2.34. The first kappa shape index (κ1) is 17.7. The molecule has 0 amide bonds. The number of sulfonamides is 1. The van der Waals surface area contributed by atoms with Gasteiger partial charge in [-0.25, -0.2) is 8.42 Å². The maximum Gasteiger partial charge on any atom is 0.260 e. The number of nitrogens with zero attached hydrogens (tertiary/aromatic N) is 3. The maximum absolute atomic E-state index is 13.1. The monoisotopic (exact) mass is 399 g/mol. The average Bonchev–Trinajstić information content (AvgIpc) is 3.33. The minimum absolute atomic E-state index is 0.0292. The third kappa shape index (κ3) is 2.79. The molecule has 0 saturated carbocycles. The first-order chi connectivity index (χ1) is 12.3. The standard InChI is InChI=1S/C16H18ClN3O5S/c1-2-13-18-15(25-19-13)16(21)4-5-20(9-16)26(22,23)12-8-11(17)7-10-3-6-24-14(10)12/h7-8,21H,2-6,9H2,1H3/t16-/m0/s1. The molecule has 3 heterocycles. The van der Waals surface area contributed by atoms with E-state index < -0.39 is 15.6 Å².